The van der Waals surface area contributed by atoms with Crippen molar-refractivity contribution < 1.29 is 4.74 Å². The SMILES string of the molecule is CN1CCN(CCOc2ccc(-c3cccc4c(=O)[nH]ccc34)cc2)CC1. The maximum Gasteiger partial charge on any atom is 0.255 e. The molecule has 0 radical (unpaired) electrons. The highest BCUT2D eigenvalue weighted by molar-refractivity contribution is 5.96. The Bertz CT molecular complexity index is 957. The third-order valence-corrected chi connectivity index (χ3v) is 5.25. The summed E-state index contributed by atoms with van der Waals surface area (Å²) in [6, 6.07) is 15.9. The number of aromatic amines is 1. The number of aromatic nitrogens is 1. The van der Waals surface area contributed by atoms with Crippen LogP contribution in [0.1, 0.15) is 0 Å². The zero-order chi connectivity index (χ0) is 18.6. The second-order valence-electron chi connectivity index (χ2n) is 7.09. The first kappa shape index (κ1) is 17.8. The molecule has 0 saturated carbocycles. The van der Waals surface area contributed by atoms with Gasteiger partial charge in [-0.25, -0.2) is 0 Å². The minimum absolute atomic E-state index is 0.0572. The maximum absolute atomic E-state index is 12.0. The Labute approximate surface area is 159 Å². The van der Waals surface area contributed by atoms with E-state index in [2.05, 4.69) is 34.0 Å². The average Bonchev–Trinajstić information content (AvgIpc) is 2.70. The second-order valence-corrected chi connectivity index (χ2v) is 7.09. The smallest absolute Gasteiger partial charge is 0.255 e. The molecule has 0 unspecified atom stereocenters. The predicted octanol–water partition coefficient (Wildman–Crippen LogP) is 2.82. The van der Waals surface area contributed by atoms with Crippen molar-refractivity contribution in [1.29, 1.82) is 0 Å². The van der Waals surface area contributed by atoms with Crippen LogP contribution in [0.2, 0.25) is 0 Å². The van der Waals surface area contributed by atoms with Gasteiger partial charge in [0.1, 0.15) is 12.4 Å². The summed E-state index contributed by atoms with van der Waals surface area (Å²) < 4.78 is 5.92. The molecule has 2 aromatic carbocycles. The van der Waals surface area contributed by atoms with Gasteiger partial charge >= 0.3 is 0 Å². The number of ether oxygens (including phenoxy) is 1. The van der Waals surface area contributed by atoms with Crippen LogP contribution in [0.25, 0.3) is 21.9 Å². The summed E-state index contributed by atoms with van der Waals surface area (Å²) in [4.78, 5) is 19.5. The fourth-order valence-electron chi connectivity index (χ4n) is 3.57. The summed E-state index contributed by atoms with van der Waals surface area (Å²) in [5, 5.41) is 1.67. The molecule has 0 amide bonds. The molecule has 0 bridgehead atoms. The molecule has 0 atom stereocenters. The number of likely N-dealkylation sites (N-methyl/N-ethyl adjacent to an activating group) is 1. The van der Waals surface area contributed by atoms with Gasteiger partial charge in [0.2, 0.25) is 0 Å². The van der Waals surface area contributed by atoms with Crippen molar-refractivity contribution in [2.75, 3.05) is 46.4 Å². The highest BCUT2D eigenvalue weighted by atomic mass is 16.5. The van der Waals surface area contributed by atoms with E-state index in [1.807, 2.05) is 36.4 Å². The van der Waals surface area contributed by atoms with Gasteiger partial charge in [-0.3, -0.25) is 9.69 Å². The zero-order valence-corrected chi connectivity index (χ0v) is 15.6. The number of nitrogens with zero attached hydrogens (tertiary/aromatic N) is 2. The molecule has 3 aromatic rings. The molecular formula is C22H25N3O2. The molecule has 2 heterocycles. The monoisotopic (exact) mass is 363 g/mol. The third-order valence-electron chi connectivity index (χ3n) is 5.25. The van der Waals surface area contributed by atoms with Crippen molar-refractivity contribution in [3.63, 3.8) is 0 Å². The third kappa shape index (κ3) is 4.04. The number of rotatable bonds is 5. The van der Waals surface area contributed by atoms with Crippen LogP contribution in [-0.2, 0) is 0 Å². The summed E-state index contributed by atoms with van der Waals surface area (Å²) in [5.74, 6) is 0.881. The van der Waals surface area contributed by atoms with Crippen LogP contribution in [-0.4, -0.2) is 61.2 Å². The lowest BCUT2D eigenvalue weighted by atomic mass is 9.99. The fraction of sp³-hybridized carbons (Fsp3) is 0.318. The van der Waals surface area contributed by atoms with E-state index >= 15 is 0 Å². The van der Waals surface area contributed by atoms with Crippen LogP contribution < -0.4 is 10.3 Å². The number of hydrogen-bond donors (Lipinski definition) is 1. The Hall–Kier alpha value is -2.63. The van der Waals surface area contributed by atoms with E-state index in [1.54, 1.807) is 6.20 Å². The van der Waals surface area contributed by atoms with E-state index < -0.39 is 0 Å². The van der Waals surface area contributed by atoms with Gasteiger partial charge in [0.05, 0.1) is 0 Å². The van der Waals surface area contributed by atoms with Crippen LogP contribution >= 0.6 is 0 Å². The van der Waals surface area contributed by atoms with Gasteiger partial charge in [0, 0.05) is 44.3 Å². The molecule has 1 aliphatic rings. The Morgan fingerprint density at radius 1 is 0.963 bits per heavy atom. The van der Waals surface area contributed by atoms with Crippen LogP contribution in [0.4, 0.5) is 0 Å². The van der Waals surface area contributed by atoms with Gasteiger partial charge in [0.15, 0.2) is 0 Å². The van der Waals surface area contributed by atoms with Crippen molar-refractivity contribution in [1.82, 2.24) is 14.8 Å². The molecular weight excluding hydrogens is 338 g/mol. The second kappa shape index (κ2) is 7.94. The molecule has 1 N–H and O–H groups in total. The minimum atomic E-state index is -0.0572. The Morgan fingerprint density at radius 2 is 1.74 bits per heavy atom. The van der Waals surface area contributed by atoms with E-state index in [9.17, 15) is 4.79 Å². The Balaban J connectivity index is 1.42. The topological polar surface area (TPSA) is 48.6 Å². The van der Waals surface area contributed by atoms with E-state index in [-0.39, 0.29) is 5.56 Å². The minimum Gasteiger partial charge on any atom is -0.492 e. The number of benzene rings is 2. The van der Waals surface area contributed by atoms with Crippen LogP contribution in [0, 0.1) is 0 Å². The molecule has 1 aliphatic heterocycles. The molecule has 140 valence electrons. The molecule has 1 aromatic heterocycles. The molecule has 1 fully saturated rings. The summed E-state index contributed by atoms with van der Waals surface area (Å²) in [6.45, 7) is 6.14. The molecule has 0 spiro atoms. The number of nitrogens with one attached hydrogen (secondary N) is 1. The normalized spacial score (nSPS) is 15.9. The number of pyridine rings is 1. The van der Waals surface area contributed by atoms with Crippen molar-refractivity contribution in [2.45, 2.75) is 0 Å². The first-order valence-corrected chi connectivity index (χ1v) is 9.45. The first-order valence-electron chi connectivity index (χ1n) is 9.45. The lowest BCUT2D eigenvalue weighted by Crippen LogP contribution is -2.45. The largest absolute Gasteiger partial charge is 0.492 e. The lowest BCUT2D eigenvalue weighted by molar-refractivity contribution is 0.134. The van der Waals surface area contributed by atoms with Crippen LogP contribution in [0.5, 0.6) is 5.75 Å². The molecule has 5 nitrogen and oxygen atoms in total. The van der Waals surface area contributed by atoms with E-state index in [0.717, 1.165) is 55.0 Å². The summed E-state index contributed by atoms with van der Waals surface area (Å²) >= 11 is 0. The van der Waals surface area contributed by atoms with Gasteiger partial charge in [0.25, 0.3) is 5.56 Å². The first-order chi connectivity index (χ1) is 13.2. The van der Waals surface area contributed by atoms with Gasteiger partial charge < -0.3 is 14.6 Å². The molecule has 0 aliphatic carbocycles. The van der Waals surface area contributed by atoms with E-state index in [4.69, 9.17) is 4.74 Å². The van der Waals surface area contributed by atoms with Crippen molar-refractivity contribution in [3.8, 4) is 16.9 Å². The number of H-pyrrole nitrogens is 1. The predicted molar refractivity (Wildman–Crippen MR) is 109 cm³/mol. The number of piperazine rings is 1. The average molecular weight is 363 g/mol. The van der Waals surface area contributed by atoms with Gasteiger partial charge in [-0.15, -0.1) is 0 Å². The summed E-state index contributed by atoms with van der Waals surface area (Å²) in [7, 11) is 2.17. The number of fused-ring (bicyclic) bond motifs is 1. The summed E-state index contributed by atoms with van der Waals surface area (Å²) in [6.07, 6.45) is 1.70. The van der Waals surface area contributed by atoms with Crippen LogP contribution in [0.15, 0.2) is 59.5 Å². The standard InChI is InChI=1S/C22H25N3O2/c1-24-11-13-25(14-12-24)15-16-27-18-7-5-17(6-8-18)19-3-2-4-21-20(19)9-10-23-22(21)26/h2-10H,11-16H2,1H3,(H,23,26). The van der Waals surface area contributed by atoms with Gasteiger partial charge in [-0.1, -0.05) is 24.3 Å². The lowest BCUT2D eigenvalue weighted by Gasteiger charge is -2.32. The van der Waals surface area contributed by atoms with Crippen molar-refractivity contribution in [3.05, 3.63) is 65.1 Å². The van der Waals surface area contributed by atoms with E-state index in [0.29, 0.717) is 12.0 Å². The Morgan fingerprint density at radius 3 is 2.52 bits per heavy atom. The number of hydrogen-bond acceptors (Lipinski definition) is 4. The molecule has 4 rings (SSSR count). The van der Waals surface area contributed by atoms with Crippen LogP contribution in [0.3, 0.4) is 0 Å². The molecule has 27 heavy (non-hydrogen) atoms. The highest BCUT2D eigenvalue weighted by Crippen LogP contribution is 2.28. The molecule has 1 saturated heterocycles. The summed E-state index contributed by atoms with van der Waals surface area (Å²) in [5.41, 5.74) is 2.08. The van der Waals surface area contributed by atoms with Gasteiger partial charge in [-0.2, -0.15) is 0 Å². The molecule has 5 heteroatoms. The zero-order valence-electron chi connectivity index (χ0n) is 15.6. The highest BCUT2D eigenvalue weighted by Gasteiger charge is 2.13. The van der Waals surface area contributed by atoms with E-state index in [1.165, 1.54) is 0 Å². The van der Waals surface area contributed by atoms with Gasteiger partial charge in [-0.05, 0) is 47.8 Å². The van der Waals surface area contributed by atoms with Crippen molar-refractivity contribution >= 4 is 10.8 Å². The fourth-order valence-corrected chi connectivity index (χ4v) is 3.57. The maximum atomic E-state index is 12.0. The van der Waals surface area contributed by atoms with Crippen molar-refractivity contribution in [2.24, 2.45) is 0 Å². The quantitative estimate of drug-likeness (QED) is 0.757. The Kier molecular flexibility index (Phi) is 5.23.